The van der Waals surface area contributed by atoms with E-state index < -0.39 is 0 Å². The summed E-state index contributed by atoms with van der Waals surface area (Å²) in [6.45, 7) is 3.19. The molecule has 0 aliphatic rings. The average Bonchev–Trinajstić information content (AvgIpc) is 2.76. The van der Waals surface area contributed by atoms with Crippen LogP contribution in [0.1, 0.15) is 29.3 Å². The number of carbonyl (C=O) groups excluding carboxylic acids is 2. The number of para-hydroxylation sites is 1. The number of carbonyl (C=O) groups is 2. The molecule has 0 bridgehead atoms. The molecule has 0 aliphatic heterocycles. The molecular formula is C22H28N2O5. The summed E-state index contributed by atoms with van der Waals surface area (Å²) in [5.41, 5.74) is 1.39. The van der Waals surface area contributed by atoms with Gasteiger partial charge in [-0.2, -0.15) is 0 Å². The predicted molar refractivity (Wildman–Crippen MR) is 111 cm³/mol. The second-order valence-electron chi connectivity index (χ2n) is 6.30. The molecule has 0 saturated carbocycles. The monoisotopic (exact) mass is 400 g/mol. The van der Waals surface area contributed by atoms with E-state index >= 15 is 0 Å². The first kappa shape index (κ1) is 22.1. The Morgan fingerprint density at radius 1 is 0.931 bits per heavy atom. The minimum absolute atomic E-state index is 0.0392. The first-order chi connectivity index (χ1) is 14.0. The third-order valence-corrected chi connectivity index (χ3v) is 4.53. The molecule has 0 radical (unpaired) electrons. The first-order valence-corrected chi connectivity index (χ1v) is 9.43. The summed E-state index contributed by atoms with van der Waals surface area (Å²) in [6.07, 6.45) is 0.210. The number of nitrogens with one attached hydrogen (secondary N) is 1. The van der Waals surface area contributed by atoms with Crippen molar-refractivity contribution >= 4 is 11.8 Å². The van der Waals surface area contributed by atoms with Crippen LogP contribution in [0.5, 0.6) is 17.2 Å². The normalized spacial score (nSPS) is 10.2. The summed E-state index contributed by atoms with van der Waals surface area (Å²) in [4.78, 5) is 26.6. The van der Waals surface area contributed by atoms with E-state index in [1.54, 1.807) is 43.4 Å². The lowest BCUT2D eigenvalue weighted by Gasteiger charge is -2.22. The maximum Gasteiger partial charge on any atom is 0.255 e. The number of ether oxygens (including phenoxy) is 3. The van der Waals surface area contributed by atoms with Crippen LogP contribution in [0.15, 0.2) is 42.5 Å². The van der Waals surface area contributed by atoms with Crippen LogP contribution in [0.2, 0.25) is 0 Å². The van der Waals surface area contributed by atoms with Crippen molar-refractivity contribution in [1.82, 2.24) is 10.2 Å². The Balaban J connectivity index is 1.92. The molecule has 0 unspecified atom stereocenters. The minimum atomic E-state index is -0.266. The molecule has 0 saturated heterocycles. The highest BCUT2D eigenvalue weighted by molar-refractivity contribution is 5.97. The van der Waals surface area contributed by atoms with Crippen molar-refractivity contribution in [3.63, 3.8) is 0 Å². The Morgan fingerprint density at radius 3 is 2.28 bits per heavy atom. The van der Waals surface area contributed by atoms with Gasteiger partial charge in [0.25, 0.3) is 5.91 Å². The van der Waals surface area contributed by atoms with Crippen molar-refractivity contribution in [2.24, 2.45) is 0 Å². The lowest BCUT2D eigenvalue weighted by molar-refractivity contribution is -0.131. The zero-order chi connectivity index (χ0) is 21.2. The number of methoxy groups -OCH3 is 3. The highest BCUT2D eigenvalue weighted by Gasteiger charge is 2.15. The lowest BCUT2D eigenvalue weighted by atomic mass is 10.1. The van der Waals surface area contributed by atoms with Gasteiger partial charge in [0.15, 0.2) is 11.5 Å². The molecule has 0 spiro atoms. The Labute approximate surface area is 171 Å². The van der Waals surface area contributed by atoms with Gasteiger partial charge in [-0.05, 0) is 36.8 Å². The van der Waals surface area contributed by atoms with E-state index in [0.29, 0.717) is 35.9 Å². The lowest BCUT2D eigenvalue weighted by Crippen LogP contribution is -2.34. The van der Waals surface area contributed by atoms with Crippen LogP contribution in [0.4, 0.5) is 0 Å². The first-order valence-electron chi connectivity index (χ1n) is 9.43. The van der Waals surface area contributed by atoms with Crippen molar-refractivity contribution in [3.8, 4) is 17.2 Å². The smallest absolute Gasteiger partial charge is 0.255 e. The average molecular weight is 400 g/mol. The van der Waals surface area contributed by atoms with Crippen molar-refractivity contribution in [3.05, 3.63) is 53.6 Å². The van der Waals surface area contributed by atoms with Crippen molar-refractivity contribution < 1.29 is 23.8 Å². The largest absolute Gasteiger partial charge is 0.496 e. The predicted octanol–water partition coefficient (Wildman–Crippen LogP) is 2.88. The van der Waals surface area contributed by atoms with Crippen LogP contribution >= 0.6 is 0 Å². The molecule has 0 aromatic heterocycles. The van der Waals surface area contributed by atoms with Gasteiger partial charge >= 0.3 is 0 Å². The Kier molecular flexibility index (Phi) is 8.33. The van der Waals surface area contributed by atoms with Gasteiger partial charge in [0.1, 0.15) is 5.75 Å². The van der Waals surface area contributed by atoms with Gasteiger partial charge in [-0.25, -0.2) is 0 Å². The van der Waals surface area contributed by atoms with E-state index in [1.165, 1.54) is 7.11 Å². The van der Waals surface area contributed by atoms with Crippen LogP contribution in [0.25, 0.3) is 0 Å². The zero-order valence-corrected chi connectivity index (χ0v) is 17.4. The summed E-state index contributed by atoms with van der Waals surface area (Å²) >= 11 is 0. The molecule has 0 aliphatic carbocycles. The van der Waals surface area contributed by atoms with Gasteiger partial charge < -0.3 is 24.4 Å². The van der Waals surface area contributed by atoms with E-state index in [-0.39, 0.29) is 24.8 Å². The molecule has 0 heterocycles. The van der Waals surface area contributed by atoms with Crippen LogP contribution in [-0.4, -0.2) is 51.1 Å². The molecule has 2 rings (SSSR count). The molecule has 0 atom stereocenters. The molecule has 0 fully saturated rings. The number of hydrogen-bond donors (Lipinski definition) is 1. The number of amides is 2. The van der Waals surface area contributed by atoms with Crippen LogP contribution in [0, 0.1) is 0 Å². The van der Waals surface area contributed by atoms with Crippen LogP contribution in [0.3, 0.4) is 0 Å². The molecule has 156 valence electrons. The highest BCUT2D eigenvalue weighted by atomic mass is 16.5. The molecule has 1 N–H and O–H groups in total. The van der Waals surface area contributed by atoms with Gasteiger partial charge in [0.2, 0.25) is 5.91 Å². The maximum atomic E-state index is 12.6. The van der Waals surface area contributed by atoms with E-state index in [9.17, 15) is 9.59 Å². The fourth-order valence-corrected chi connectivity index (χ4v) is 2.94. The van der Waals surface area contributed by atoms with Gasteiger partial charge in [0.05, 0.1) is 26.9 Å². The second-order valence-corrected chi connectivity index (χ2v) is 6.30. The Hall–Kier alpha value is -3.22. The van der Waals surface area contributed by atoms with Gasteiger partial charge in [-0.1, -0.05) is 18.2 Å². The molecule has 7 heteroatoms. The molecule has 2 aromatic rings. The summed E-state index contributed by atoms with van der Waals surface area (Å²) in [6, 6.07) is 12.6. The van der Waals surface area contributed by atoms with Crippen molar-refractivity contribution in [2.45, 2.75) is 19.9 Å². The summed E-state index contributed by atoms with van der Waals surface area (Å²) in [5, 5.41) is 2.78. The molecule has 2 amide bonds. The minimum Gasteiger partial charge on any atom is -0.496 e. The van der Waals surface area contributed by atoms with Crippen molar-refractivity contribution in [2.75, 3.05) is 34.4 Å². The van der Waals surface area contributed by atoms with Crippen molar-refractivity contribution in [1.29, 1.82) is 0 Å². The van der Waals surface area contributed by atoms with E-state index in [4.69, 9.17) is 14.2 Å². The standard InChI is InChI=1S/C22H28N2O5/c1-5-24(15-16-10-11-19(28-3)20(14-16)29-4)21(25)12-13-23-22(26)17-8-6-7-9-18(17)27-2/h6-11,14H,5,12-13,15H2,1-4H3,(H,23,26). The zero-order valence-electron chi connectivity index (χ0n) is 17.4. The van der Waals surface area contributed by atoms with Crippen LogP contribution in [-0.2, 0) is 11.3 Å². The van der Waals surface area contributed by atoms with E-state index in [1.807, 2.05) is 25.1 Å². The third kappa shape index (κ3) is 5.88. The van der Waals surface area contributed by atoms with Gasteiger partial charge in [-0.3, -0.25) is 9.59 Å². The number of hydrogen-bond acceptors (Lipinski definition) is 5. The number of nitrogens with zero attached hydrogens (tertiary/aromatic N) is 1. The van der Waals surface area contributed by atoms with E-state index in [2.05, 4.69) is 5.32 Å². The molecule has 29 heavy (non-hydrogen) atoms. The van der Waals surface area contributed by atoms with Crippen LogP contribution < -0.4 is 19.5 Å². The number of benzene rings is 2. The van der Waals surface area contributed by atoms with Gasteiger partial charge in [0, 0.05) is 26.1 Å². The molecule has 2 aromatic carbocycles. The second kappa shape index (κ2) is 10.9. The summed E-state index contributed by atoms with van der Waals surface area (Å²) in [7, 11) is 4.68. The SMILES string of the molecule is CCN(Cc1ccc(OC)c(OC)c1)C(=O)CCNC(=O)c1ccccc1OC. The fourth-order valence-electron chi connectivity index (χ4n) is 2.94. The maximum absolute atomic E-state index is 12.6. The summed E-state index contributed by atoms with van der Waals surface area (Å²) < 4.78 is 15.8. The van der Waals surface area contributed by atoms with Gasteiger partial charge in [-0.15, -0.1) is 0 Å². The van der Waals surface area contributed by atoms with E-state index in [0.717, 1.165) is 5.56 Å². The third-order valence-electron chi connectivity index (χ3n) is 4.53. The fraction of sp³-hybridized carbons (Fsp3) is 0.364. The Bertz CT molecular complexity index is 838. The highest BCUT2D eigenvalue weighted by Crippen LogP contribution is 2.28. The topological polar surface area (TPSA) is 77.1 Å². The molecular weight excluding hydrogens is 372 g/mol. The molecule has 7 nitrogen and oxygen atoms in total. The summed E-state index contributed by atoms with van der Waals surface area (Å²) in [5.74, 6) is 1.46. The quantitative estimate of drug-likeness (QED) is 0.664. The Morgan fingerprint density at radius 2 is 1.62 bits per heavy atom. The number of rotatable bonds is 10.